The Morgan fingerprint density at radius 1 is 1.14 bits per heavy atom. The summed E-state index contributed by atoms with van der Waals surface area (Å²) < 4.78 is 0.938. The number of nitrogens with zero attached hydrogens (tertiary/aromatic N) is 2. The summed E-state index contributed by atoms with van der Waals surface area (Å²) in [5.41, 5.74) is 2.84. The molecule has 5 heteroatoms. The standard InChI is InChI=1S/C16H13BrN2O2/c17-12-7-5-11(6-8-12)16(20)19-10-9-14(18-21)13-3-1-2-4-15(13)19/h1-8,21H,9-10H2. The fraction of sp³-hybridized carbons (Fsp3) is 0.125. The molecule has 0 fully saturated rings. The summed E-state index contributed by atoms with van der Waals surface area (Å²) in [5.74, 6) is -0.0491. The zero-order valence-electron chi connectivity index (χ0n) is 11.2. The minimum atomic E-state index is -0.0491. The Labute approximate surface area is 130 Å². The molecule has 2 aromatic rings. The number of amides is 1. The van der Waals surface area contributed by atoms with Crippen LogP contribution in [0.3, 0.4) is 0 Å². The molecule has 1 aliphatic rings. The van der Waals surface area contributed by atoms with Crippen LogP contribution < -0.4 is 4.90 Å². The number of halogens is 1. The summed E-state index contributed by atoms with van der Waals surface area (Å²) in [7, 11) is 0. The molecule has 106 valence electrons. The number of oxime groups is 1. The van der Waals surface area contributed by atoms with Crippen molar-refractivity contribution in [3.63, 3.8) is 0 Å². The third kappa shape index (κ3) is 2.56. The van der Waals surface area contributed by atoms with Crippen LogP contribution in [0.25, 0.3) is 0 Å². The zero-order chi connectivity index (χ0) is 14.8. The molecule has 1 amide bonds. The van der Waals surface area contributed by atoms with Gasteiger partial charge in [-0.2, -0.15) is 0 Å². The Kier molecular flexibility index (Phi) is 3.75. The van der Waals surface area contributed by atoms with Crippen LogP contribution in [0.1, 0.15) is 22.3 Å². The molecule has 0 aromatic heterocycles. The van der Waals surface area contributed by atoms with E-state index in [9.17, 15) is 4.79 Å². The van der Waals surface area contributed by atoms with Gasteiger partial charge >= 0.3 is 0 Å². The molecule has 0 radical (unpaired) electrons. The molecule has 0 saturated carbocycles. The highest BCUT2D eigenvalue weighted by atomic mass is 79.9. The predicted octanol–water partition coefficient (Wildman–Crippen LogP) is 3.68. The van der Waals surface area contributed by atoms with Gasteiger partial charge in [-0.25, -0.2) is 0 Å². The first-order valence-corrected chi connectivity index (χ1v) is 7.38. The number of rotatable bonds is 1. The van der Waals surface area contributed by atoms with Crippen LogP contribution >= 0.6 is 15.9 Å². The van der Waals surface area contributed by atoms with E-state index in [1.807, 2.05) is 36.4 Å². The molecule has 4 nitrogen and oxygen atoms in total. The largest absolute Gasteiger partial charge is 0.411 e. The van der Waals surface area contributed by atoms with Crippen molar-refractivity contribution >= 4 is 33.2 Å². The van der Waals surface area contributed by atoms with Crippen molar-refractivity contribution in [2.24, 2.45) is 5.16 Å². The van der Waals surface area contributed by atoms with Crippen LogP contribution in [-0.2, 0) is 0 Å². The maximum absolute atomic E-state index is 12.7. The Bertz CT molecular complexity index is 710. The highest BCUT2D eigenvalue weighted by Crippen LogP contribution is 2.28. The number of hydrogen-bond donors (Lipinski definition) is 1. The van der Waals surface area contributed by atoms with Gasteiger partial charge in [0, 0.05) is 28.6 Å². The van der Waals surface area contributed by atoms with E-state index in [4.69, 9.17) is 5.21 Å². The molecule has 2 aromatic carbocycles. The molecule has 0 bridgehead atoms. The first-order valence-electron chi connectivity index (χ1n) is 6.58. The molecule has 0 aliphatic carbocycles. The molecular formula is C16H13BrN2O2. The quantitative estimate of drug-likeness (QED) is 0.633. The zero-order valence-corrected chi connectivity index (χ0v) is 12.7. The van der Waals surface area contributed by atoms with Crippen molar-refractivity contribution in [3.8, 4) is 0 Å². The van der Waals surface area contributed by atoms with Crippen molar-refractivity contribution < 1.29 is 10.0 Å². The van der Waals surface area contributed by atoms with E-state index in [-0.39, 0.29) is 5.91 Å². The SMILES string of the molecule is O=C(c1ccc(Br)cc1)N1CCC(=NO)c2ccccc21. The van der Waals surface area contributed by atoms with Crippen LogP contribution in [0.5, 0.6) is 0 Å². The van der Waals surface area contributed by atoms with Gasteiger partial charge in [0.15, 0.2) is 0 Å². The topological polar surface area (TPSA) is 52.9 Å². The Balaban J connectivity index is 2.00. The van der Waals surface area contributed by atoms with Gasteiger partial charge in [-0.05, 0) is 30.3 Å². The van der Waals surface area contributed by atoms with E-state index < -0.39 is 0 Å². The molecule has 0 saturated heterocycles. The molecule has 0 spiro atoms. The third-order valence-corrected chi connectivity index (χ3v) is 4.06. The lowest BCUT2D eigenvalue weighted by atomic mass is 9.99. The fourth-order valence-electron chi connectivity index (χ4n) is 2.49. The lowest BCUT2D eigenvalue weighted by Crippen LogP contribution is -2.37. The Hall–Kier alpha value is -2.14. The van der Waals surface area contributed by atoms with Crippen molar-refractivity contribution in [2.75, 3.05) is 11.4 Å². The average Bonchev–Trinajstić information content (AvgIpc) is 2.54. The first-order chi connectivity index (χ1) is 10.2. The lowest BCUT2D eigenvalue weighted by molar-refractivity contribution is 0.0987. The molecule has 0 atom stereocenters. The third-order valence-electron chi connectivity index (χ3n) is 3.53. The summed E-state index contributed by atoms with van der Waals surface area (Å²) in [6, 6.07) is 14.8. The number of carbonyl (C=O) groups excluding carboxylic acids is 1. The van der Waals surface area contributed by atoms with Crippen LogP contribution in [0.2, 0.25) is 0 Å². The van der Waals surface area contributed by atoms with Gasteiger partial charge in [-0.1, -0.05) is 39.3 Å². The molecule has 1 aliphatic heterocycles. The monoisotopic (exact) mass is 344 g/mol. The minimum absolute atomic E-state index is 0.0491. The van der Waals surface area contributed by atoms with Crippen molar-refractivity contribution in [1.82, 2.24) is 0 Å². The second-order valence-corrected chi connectivity index (χ2v) is 5.69. The predicted molar refractivity (Wildman–Crippen MR) is 85.2 cm³/mol. The number of benzene rings is 2. The van der Waals surface area contributed by atoms with Crippen LogP contribution in [0.4, 0.5) is 5.69 Å². The van der Waals surface area contributed by atoms with Gasteiger partial charge < -0.3 is 10.1 Å². The van der Waals surface area contributed by atoms with E-state index in [1.165, 1.54) is 0 Å². The molecule has 3 rings (SSSR count). The van der Waals surface area contributed by atoms with E-state index >= 15 is 0 Å². The molecule has 1 N–H and O–H groups in total. The Morgan fingerprint density at radius 2 is 1.86 bits per heavy atom. The van der Waals surface area contributed by atoms with E-state index in [2.05, 4.69) is 21.1 Å². The number of fused-ring (bicyclic) bond motifs is 1. The minimum Gasteiger partial charge on any atom is -0.411 e. The van der Waals surface area contributed by atoms with Crippen molar-refractivity contribution in [1.29, 1.82) is 0 Å². The lowest BCUT2D eigenvalue weighted by Gasteiger charge is -2.29. The second-order valence-electron chi connectivity index (χ2n) is 4.78. The highest BCUT2D eigenvalue weighted by molar-refractivity contribution is 9.10. The molecular weight excluding hydrogens is 332 g/mol. The van der Waals surface area contributed by atoms with Gasteiger partial charge in [-0.15, -0.1) is 0 Å². The summed E-state index contributed by atoms with van der Waals surface area (Å²) >= 11 is 3.37. The van der Waals surface area contributed by atoms with E-state index in [0.717, 1.165) is 15.7 Å². The van der Waals surface area contributed by atoms with E-state index in [1.54, 1.807) is 17.0 Å². The smallest absolute Gasteiger partial charge is 0.258 e. The number of hydrogen-bond acceptors (Lipinski definition) is 3. The van der Waals surface area contributed by atoms with Gasteiger partial charge in [-0.3, -0.25) is 4.79 Å². The number of carbonyl (C=O) groups is 1. The summed E-state index contributed by atoms with van der Waals surface area (Å²) in [6.07, 6.45) is 0.537. The highest BCUT2D eigenvalue weighted by Gasteiger charge is 2.26. The summed E-state index contributed by atoms with van der Waals surface area (Å²) in [4.78, 5) is 14.4. The Morgan fingerprint density at radius 3 is 2.57 bits per heavy atom. The summed E-state index contributed by atoms with van der Waals surface area (Å²) in [5, 5.41) is 12.4. The average molecular weight is 345 g/mol. The van der Waals surface area contributed by atoms with E-state index in [0.29, 0.717) is 24.2 Å². The molecule has 0 unspecified atom stereocenters. The number of anilines is 1. The molecule has 21 heavy (non-hydrogen) atoms. The maximum atomic E-state index is 12.7. The normalized spacial score (nSPS) is 15.9. The van der Waals surface area contributed by atoms with Crippen LogP contribution in [0.15, 0.2) is 58.2 Å². The fourth-order valence-corrected chi connectivity index (χ4v) is 2.75. The van der Waals surface area contributed by atoms with Crippen LogP contribution in [0, 0.1) is 0 Å². The van der Waals surface area contributed by atoms with Crippen molar-refractivity contribution in [3.05, 3.63) is 64.1 Å². The maximum Gasteiger partial charge on any atom is 0.258 e. The van der Waals surface area contributed by atoms with Gasteiger partial charge in [0.25, 0.3) is 5.91 Å². The van der Waals surface area contributed by atoms with Gasteiger partial charge in [0.2, 0.25) is 0 Å². The second kappa shape index (κ2) is 5.69. The van der Waals surface area contributed by atoms with Crippen LogP contribution in [-0.4, -0.2) is 23.4 Å². The van der Waals surface area contributed by atoms with Gasteiger partial charge in [0.05, 0.1) is 11.4 Å². The van der Waals surface area contributed by atoms with Gasteiger partial charge in [0.1, 0.15) is 0 Å². The van der Waals surface area contributed by atoms with Crippen molar-refractivity contribution in [2.45, 2.75) is 6.42 Å². The summed E-state index contributed by atoms with van der Waals surface area (Å²) in [6.45, 7) is 0.505. The number of para-hydroxylation sites is 1. The first kappa shape index (κ1) is 13.8. The molecule has 1 heterocycles.